The van der Waals surface area contributed by atoms with Crippen LogP contribution in [0.25, 0.3) is 5.57 Å². The van der Waals surface area contributed by atoms with E-state index in [9.17, 15) is 0 Å². The van der Waals surface area contributed by atoms with Crippen molar-refractivity contribution in [3.8, 4) is 0 Å². The molecule has 0 atom stereocenters. The smallest absolute Gasteiger partial charge is 0.0427 e. The zero-order valence-electron chi connectivity index (χ0n) is 10.7. The van der Waals surface area contributed by atoms with E-state index < -0.39 is 0 Å². The maximum Gasteiger partial charge on any atom is 0.0427 e. The van der Waals surface area contributed by atoms with Crippen LogP contribution in [0.5, 0.6) is 0 Å². The van der Waals surface area contributed by atoms with Crippen LogP contribution in [0.1, 0.15) is 11.1 Å². The van der Waals surface area contributed by atoms with E-state index in [0.29, 0.717) is 0 Å². The van der Waals surface area contributed by atoms with Crippen LogP contribution in [0.4, 0.5) is 0 Å². The fourth-order valence-corrected chi connectivity index (χ4v) is 2.22. The molecule has 0 amide bonds. The quantitative estimate of drug-likeness (QED) is 0.826. The summed E-state index contributed by atoms with van der Waals surface area (Å²) in [6, 6.07) is 14.6. The summed E-state index contributed by atoms with van der Waals surface area (Å²) in [6.07, 6.45) is 10.3. The molecule has 0 fully saturated rings. The molecule has 0 N–H and O–H groups in total. The van der Waals surface area contributed by atoms with E-state index in [0.717, 1.165) is 13.1 Å². The van der Waals surface area contributed by atoms with E-state index in [2.05, 4.69) is 58.6 Å². The molecule has 0 bridgehead atoms. The highest BCUT2D eigenvalue weighted by Crippen LogP contribution is 2.19. The van der Waals surface area contributed by atoms with Gasteiger partial charge in [0.1, 0.15) is 0 Å². The van der Waals surface area contributed by atoms with Gasteiger partial charge in [-0.3, -0.25) is 4.98 Å². The van der Waals surface area contributed by atoms with Crippen molar-refractivity contribution >= 4 is 5.57 Å². The van der Waals surface area contributed by atoms with Crippen molar-refractivity contribution in [3.63, 3.8) is 0 Å². The van der Waals surface area contributed by atoms with Crippen LogP contribution in [0.15, 0.2) is 73.2 Å². The predicted molar refractivity (Wildman–Crippen MR) is 78.2 cm³/mol. The zero-order valence-corrected chi connectivity index (χ0v) is 10.7. The lowest BCUT2D eigenvalue weighted by atomic mass is 10.1. The number of pyridine rings is 1. The standard InChI is InChI=1S/C17H16N2/c1-2-4-15(5-3-1)14-19-12-8-17(9-13-19)16-6-10-18-11-7-16/h1-12H,13-14H2. The van der Waals surface area contributed by atoms with Crippen molar-refractivity contribution in [1.82, 2.24) is 9.88 Å². The van der Waals surface area contributed by atoms with Gasteiger partial charge in [0.15, 0.2) is 0 Å². The largest absolute Gasteiger partial charge is 0.369 e. The molecule has 1 aliphatic heterocycles. The topological polar surface area (TPSA) is 16.1 Å². The van der Waals surface area contributed by atoms with E-state index in [-0.39, 0.29) is 0 Å². The van der Waals surface area contributed by atoms with Gasteiger partial charge in [-0.15, -0.1) is 0 Å². The highest BCUT2D eigenvalue weighted by Gasteiger charge is 2.06. The van der Waals surface area contributed by atoms with Gasteiger partial charge in [-0.1, -0.05) is 36.4 Å². The first-order chi connectivity index (χ1) is 9.42. The first-order valence-electron chi connectivity index (χ1n) is 6.48. The number of nitrogens with zero attached hydrogens (tertiary/aromatic N) is 2. The van der Waals surface area contributed by atoms with Gasteiger partial charge in [0.25, 0.3) is 0 Å². The Kier molecular flexibility index (Phi) is 3.41. The van der Waals surface area contributed by atoms with Gasteiger partial charge >= 0.3 is 0 Å². The number of hydrogen-bond donors (Lipinski definition) is 0. The van der Waals surface area contributed by atoms with E-state index in [1.165, 1.54) is 16.7 Å². The van der Waals surface area contributed by atoms with E-state index in [1.807, 2.05) is 24.5 Å². The molecule has 2 nitrogen and oxygen atoms in total. The van der Waals surface area contributed by atoms with Crippen molar-refractivity contribution in [1.29, 1.82) is 0 Å². The van der Waals surface area contributed by atoms with Crippen LogP contribution in [0.3, 0.4) is 0 Å². The van der Waals surface area contributed by atoms with Crippen LogP contribution >= 0.6 is 0 Å². The van der Waals surface area contributed by atoms with Gasteiger partial charge in [-0.05, 0) is 34.9 Å². The lowest BCUT2D eigenvalue weighted by molar-refractivity contribution is 0.406. The summed E-state index contributed by atoms with van der Waals surface area (Å²) < 4.78 is 0. The van der Waals surface area contributed by atoms with Crippen LogP contribution < -0.4 is 0 Å². The minimum absolute atomic E-state index is 0.947. The lowest BCUT2D eigenvalue weighted by Gasteiger charge is -2.22. The van der Waals surface area contributed by atoms with Crippen LogP contribution in [-0.2, 0) is 6.54 Å². The Bertz CT molecular complexity index is 585. The molecule has 0 spiro atoms. The van der Waals surface area contributed by atoms with Gasteiger partial charge < -0.3 is 4.90 Å². The number of aromatic nitrogens is 1. The van der Waals surface area contributed by atoms with Gasteiger partial charge in [-0.2, -0.15) is 0 Å². The van der Waals surface area contributed by atoms with Crippen molar-refractivity contribution in [2.45, 2.75) is 6.54 Å². The molecule has 94 valence electrons. The lowest BCUT2D eigenvalue weighted by Crippen LogP contribution is -2.19. The fourth-order valence-electron chi connectivity index (χ4n) is 2.22. The molecule has 2 aromatic rings. The van der Waals surface area contributed by atoms with Crippen LogP contribution in [-0.4, -0.2) is 16.4 Å². The maximum absolute atomic E-state index is 4.05. The Labute approximate surface area is 113 Å². The Morgan fingerprint density at radius 2 is 1.79 bits per heavy atom. The normalized spacial score (nSPS) is 14.3. The summed E-state index contributed by atoms with van der Waals surface area (Å²) in [5.74, 6) is 0. The Hall–Kier alpha value is -2.35. The first kappa shape index (κ1) is 11.7. The van der Waals surface area contributed by atoms with E-state index in [1.54, 1.807) is 0 Å². The fraction of sp³-hybridized carbons (Fsp3) is 0.118. The Morgan fingerprint density at radius 1 is 1.00 bits per heavy atom. The summed E-state index contributed by atoms with van der Waals surface area (Å²) in [4.78, 5) is 6.35. The molecule has 1 aliphatic rings. The molecule has 19 heavy (non-hydrogen) atoms. The van der Waals surface area contributed by atoms with Crippen molar-refractivity contribution in [3.05, 3.63) is 84.3 Å². The molecular formula is C17H16N2. The Morgan fingerprint density at radius 3 is 2.47 bits per heavy atom. The third kappa shape index (κ3) is 2.91. The van der Waals surface area contributed by atoms with Gasteiger partial charge in [0.05, 0.1) is 0 Å². The molecular weight excluding hydrogens is 232 g/mol. The molecule has 2 heteroatoms. The third-order valence-corrected chi connectivity index (χ3v) is 3.25. The van der Waals surface area contributed by atoms with Crippen LogP contribution in [0.2, 0.25) is 0 Å². The molecule has 0 aliphatic carbocycles. The zero-order chi connectivity index (χ0) is 12.9. The Balaban J connectivity index is 1.67. The first-order valence-corrected chi connectivity index (χ1v) is 6.48. The molecule has 0 saturated heterocycles. The summed E-state index contributed by atoms with van der Waals surface area (Å²) in [5, 5.41) is 0. The summed E-state index contributed by atoms with van der Waals surface area (Å²) in [6.45, 7) is 1.90. The maximum atomic E-state index is 4.05. The monoisotopic (exact) mass is 248 g/mol. The second-order valence-electron chi connectivity index (χ2n) is 4.63. The SMILES string of the molecule is C1=CN(Cc2ccccc2)CC=C1c1ccncc1. The average Bonchev–Trinajstić information content (AvgIpc) is 2.50. The summed E-state index contributed by atoms with van der Waals surface area (Å²) in [7, 11) is 0. The minimum Gasteiger partial charge on any atom is -0.369 e. The minimum atomic E-state index is 0.947. The molecule has 0 unspecified atom stereocenters. The van der Waals surface area contributed by atoms with Crippen molar-refractivity contribution < 1.29 is 0 Å². The molecule has 3 rings (SSSR count). The highest BCUT2D eigenvalue weighted by molar-refractivity contribution is 5.74. The third-order valence-electron chi connectivity index (χ3n) is 3.25. The van der Waals surface area contributed by atoms with Crippen LogP contribution in [0, 0.1) is 0 Å². The highest BCUT2D eigenvalue weighted by atomic mass is 15.1. The summed E-state index contributed by atoms with van der Waals surface area (Å²) in [5.41, 5.74) is 3.84. The number of benzene rings is 1. The van der Waals surface area contributed by atoms with Gasteiger partial charge in [-0.25, -0.2) is 0 Å². The van der Waals surface area contributed by atoms with Crippen molar-refractivity contribution in [2.24, 2.45) is 0 Å². The second kappa shape index (κ2) is 5.53. The average molecular weight is 248 g/mol. The molecule has 1 aromatic heterocycles. The number of hydrogen-bond acceptors (Lipinski definition) is 2. The van der Waals surface area contributed by atoms with Crippen molar-refractivity contribution in [2.75, 3.05) is 6.54 Å². The summed E-state index contributed by atoms with van der Waals surface area (Å²) >= 11 is 0. The molecule has 2 heterocycles. The molecule has 1 aromatic carbocycles. The second-order valence-corrected chi connectivity index (χ2v) is 4.63. The number of rotatable bonds is 3. The number of allylic oxidation sites excluding steroid dienone is 2. The van der Waals surface area contributed by atoms with E-state index in [4.69, 9.17) is 0 Å². The molecule has 0 saturated carbocycles. The van der Waals surface area contributed by atoms with Gasteiger partial charge in [0.2, 0.25) is 0 Å². The predicted octanol–water partition coefficient (Wildman–Crippen LogP) is 3.49. The molecule has 0 radical (unpaired) electrons. The van der Waals surface area contributed by atoms with Gasteiger partial charge in [0, 0.05) is 31.7 Å². The van der Waals surface area contributed by atoms with E-state index >= 15 is 0 Å².